The average molecular weight is 204 g/mol. The third-order valence-corrected chi connectivity index (χ3v) is 3.61. The molecule has 0 aromatic heterocycles. The molecule has 0 fully saturated rings. The topological polar surface area (TPSA) is 37.3 Å². The van der Waals surface area contributed by atoms with E-state index in [1.54, 1.807) is 11.8 Å². The standard InChI is InChI=1S/C10H20O2S/c1-4-6-8-13-10(3,7-5-2)9(11)12/h4-8H2,1-3H3,(H,11,12). The summed E-state index contributed by atoms with van der Waals surface area (Å²) in [5, 5.41) is 9.04. The molecule has 0 radical (unpaired) electrons. The minimum absolute atomic E-state index is 0.566. The molecule has 0 aromatic carbocycles. The lowest BCUT2D eigenvalue weighted by Gasteiger charge is -2.23. The van der Waals surface area contributed by atoms with E-state index < -0.39 is 10.7 Å². The summed E-state index contributed by atoms with van der Waals surface area (Å²) in [6.45, 7) is 5.99. The molecule has 1 unspecified atom stereocenters. The highest BCUT2D eigenvalue weighted by Gasteiger charge is 2.31. The molecule has 1 N–H and O–H groups in total. The van der Waals surface area contributed by atoms with Gasteiger partial charge in [-0.2, -0.15) is 0 Å². The predicted octanol–water partition coefficient (Wildman–Crippen LogP) is 3.16. The molecular formula is C10H20O2S. The van der Waals surface area contributed by atoms with Gasteiger partial charge in [-0.1, -0.05) is 26.7 Å². The largest absolute Gasteiger partial charge is 0.480 e. The van der Waals surface area contributed by atoms with Gasteiger partial charge in [0.2, 0.25) is 0 Å². The summed E-state index contributed by atoms with van der Waals surface area (Å²) >= 11 is 1.58. The van der Waals surface area contributed by atoms with Crippen LogP contribution >= 0.6 is 11.8 Å². The van der Waals surface area contributed by atoms with Gasteiger partial charge in [-0.25, -0.2) is 0 Å². The maximum absolute atomic E-state index is 11.0. The molecule has 0 aromatic rings. The van der Waals surface area contributed by atoms with Crippen LogP contribution in [-0.4, -0.2) is 21.6 Å². The Morgan fingerprint density at radius 1 is 1.38 bits per heavy atom. The Balaban J connectivity index is 4.00. The summed E-state index contributed by atoms with van der Waals surface area (Å²) in [7, 11) is 0. The first-order valence-electron chi connectivity index (χ1n) is 4.94. The van der Waals surface area contributed by atoms with Gasteiger partial charge < -0.3 is 5.11 Å². The highest BCUT2D eigenvalue weighted by Crippen LogP contribution is 2.31. The Labute approximate surface area is 85.1 Å². The van der Waals surface area contributed by atoms with Crippen molar-refractivity contribution in [2.24, 2.45) is 0 Å². The lowest BCUT2D eigenvalue weighted by Crippen LogP contribution is -2.31. The van der Waals surface area contributed by atoms with Crippen molar-refractivity contribution >= 4 is 17.7 Å². The van der Waals surface area contributed by atoms with E-state index in [1.165, 1.54) is 0 Å². The number of carboxylic acid groups (broad SMARTS) is 1. The van der Waals surface area contributed by atoms with Crippen molar-refractivity contribution in [3.8, 4) is 0 Å². The van der Waals surface area contributed by atoms with Crippen LogP contribution in [-0.2, 0) is 4.79 Å². The zero-order valence-corrected chi connectivity index (χ0v) is 9.62. The van der Waals surface area contributed by atoms with Gasteiger partial charge in [0.1, 0.15) is 4.75 Å². The normalized spacial score (nSPS) is 15.3. The van der Waals surface area contributed by atoms with E-state index >= 15 is 0 Å². The Bertz CT molecular complexity index is 159. The van der Waals surface area contributed by atoms with Gasteiger partial charge in [-0.3, -0.25) is 4.79 Å². The minimum atomic E-state index is -0.671. The van der Waals surface area contributed by atoms with Crippen molar-refractivity contribution in [3.05, 3.63) is 0 Å². The van der Waals surface area contributed by atoms with Crippen LogP contribution in [0.5, 0.6) is 0 Å². The zero-order chi connectivity index (χ0) is 10.3. The molecule has 2 nitrogen and oxygen atoms in total. The maximum Gasteiger partial charge on any atom is 0.319 e. The summed E-state index contributed by atoms with van der Waals surface area (Å²) in [6, 6.07) is 0. The molecule has 0 rings (SSSR count). The second-order valence-electron chi connectivity index (χ2n) is 3.49. The van der Waals surface area contributed by atoms with Gasteiger partial charge in [-0.05, 0) is 25.5 Å². The molecule has 0 aliphatic heterocycles. The van der Waals surface area contributed by atoms with E-state index in [1.807, 2.05) is 13.8 Å². The molecule has 13 heavy (non-hydrogen) atoms. The van der Waals surface area contributed by atoms with Crippen LogP contribution in [0, 0.1) is 0 Å². The molecule has 0 heterocycles. The van der Waals surface area contributed by atoms with E-state index in [0.717, 1.165) is 31.4 Å². The molecular weight excluding hydrogens is 184 g/mol. The van der Waals surface area contributed by atoms with Gasteiger partial charge in [0, 0.05) is 0 Å². The minimum Gasteiger partial charge on any atom is -0.480 e. The fraction of sp³-hybridized carbons (Fsp3) is 0.900. The summed E-state index contributed by atoms with van der Waals surface area (Å²) in [5.74, 6) is 0.287. The third kappa shape index (κ3) is 4.55. The number of rotatable bonds is 7. The molecule has 0 aliphatic rings. The number of hydrogen-bond donors (Lipinski definition) is 1. The van der Waals surface area contributed by atoms with Crippen molar-refractivity contribution in [1.29, 1.82) is 0 Å². The lowest BCUT2D eigenvalue weighted by molar-refractivity contribution is -0.139. The van der Waals surface area contributed by atoms with Crippen molar-refractivity contribution < 1.29 is 9.90 Å². The smallest absolute Gasteiger partial charge is 0.319 e. The van der Waals surface area contributed by atoms with Gasteiger partial charge in [0.25, 0.3) is 0 Å². The molecule has 3 heteroatoms. The predicted molar refractivity (Wildman–Crippen MR) is 58.3 cm³/mol. The average Bonchev–Trinajstić information content (AvgIpc) is 2.05. The quantitative estimate of drug-likeness (QED) is 0.647. The maximum atomic E-state index is 11.0. The Hall–Kier alpha value is -0.180. The molecule has 0 aliphatic carbocycles. The summed E-state index contributed by atoms with van der Waals surface area (Å²) in [5.41, 5.74) is 0. The van der Waals surface area contributed by atoms with E-state index in [4.69, 9.17) is 5.11 Å². The van der Waals surface area contributed by atoms with Crippen LogP contribution in [0.3, 0.4) is 0 Å². The van der Waals surface area contributed by atoms with Crippen LogP contribution in [0.25, 0.3) is 0 Å². The van der Waals surface area contributed by atoms with Crippen molar-refractivity contribution in [2.45, 2.75) is 51.2 Å². The highest BCUT2D eigenvalue weighted by atomic mass is 32.2. The molecule has 0 bridgehead atoms. The fourth-order valence-electron chi connectivity index (χ4n) is 1.16. The van der Waals surface area contributed by atoms with Gasteiger partial charge in [0.05, 0.1) is 0 Å². The first-order valence-corrected chi connectivity index (χ1v) is 5.92. The summed E-state index contributed by atoms with van der Waals surface area (Å²) in [4.78, 5) is 11.0. The molecule has 0 spiro atoms. The lowest BCUT2D eigenvalue weighted by atomic mass is 10.1. The second kappa shape index (κ2) is 6.30. The number of carbonyl (C=O) groups is 1. The first-order chi connectivity index (χ1) is 6.06. The third-order valence-electron chi connectivity index (χ3n) is 2.10. The summed E-state index contributed by atoms with van der Waals surface area (Å²) in [6.07, 6.45) is 3.94. The van der Waals surface area contributed by atoms with E-state index in [9.17, 15) is 4.79 Å². The van der Waals surface area contributed by atoms with Gasteiger partial charge >= 0.3 is 5.97 Å². The van der Waals surface area contributed by atoms with Crippen LogP contribution in [0.1, 0.15) is 46.5 Å². The van der Waals surface area contributed by atoms with Crippen LogP contribution in [0.15, 0.2) is 0 Å². The number of aliphatic carboxylic acids is 1. The van der Waals surface area contributed by atoms with E-state index in [0.29, 0.717) is 0 Å². The molecule has 0 amide bonds. The van der Waals surface area contributed by atoms with Crippen molar-refractivity contribution in [1.82, 2.24) is 0 Å². The molecule has 0 saturated carbocycles. The molecule has 0 saturated heterocycles. The number of carboxylic acids is 1. The Morgan fingerprint density at radius 2 is 2.00 bits per heavy atom. The zero-order valence-electron chi connectivity index (χ0n) is 8.80. The fourth-order valence-corrected chi connectivity index (χ4v) is 2.52. The Morgan fingerprint density at radius 3 is 2.38 bits per heavy atom. The van der Waals surface area contributed by atoms with Crippen LogP contribution in [0.2, 0.25) is 0 Å². The number of hydrogen-bond acceptors (Lipinski definition) is 2. The monoisotopic (exact) mass is 204 g/mol. The summed E-state index contributed by atoms with van der Waals surface area (Å²) < 4.78 is -0.566. The van der Waals surface area contributed by atoms with Crippen LogP contribution in [0.4, 0.5) is 0 Å². The van der Waals surface area contributed by atoms with Crippen molar-refractivity contribution in [2.75, 3.05) is 5.75 Å². The van der Waals surface area contributed by atoms with E-state index in [2.05, 4.69) is 6.92 Å². The number of thioether (sulfide) groups is 1. The number of unbranched alkanes of at least 4 members (excludes halogenated alkanes) is 1. The highest BCUT2D eigenvalue weighted by molar-refractivity contribution is 8.01. The second-order valence-corrected chi connectivity index (χ2v) is 5.09. The molecule has 78 valence electrons. The van der Waals surface area contributed by atoms with E-state index in [-0.39, 0.29) is 0 Å². The van der Waals surface area contributed by atoms with Crippen LogP contribution < -0.4 is 0 Å². The molecule has 1 atom stereocenters. The first kappa shape index (κ1) is 12.8. The Kier molecular flexibility index (Phi) is 6.21. The van der Waals surface area contributed by atoms with Gasteiger partial charge in [-0.15, -0.1) is 11.8 Å². The SMILES string of the molecule is CCCCSC(C)(CCC)C(=O)O. The van der Waals surface area contributed by atoms with Crippen molar-refractivity contribution in [3.63, 3.8) is 0 Å². The van der Waals surface area contributed by atoms with Gasteiger partial charge in [0.15, 0.2) is 0 Å².